The summed E-state index contributed by atoms with van der Waals surface area (Å²) < 4.78 is 24.7. The molecule has 0 bridgehead atoms. The fourth-order valence-corrected chi connectivity index (χ4v) is 2.70. The lowest BCUT2D eigenvalue weighted by Crippen LogP contribution is -2.32. The summed E-state index contributed by atoms with van der Waals surface area (Å²) in [5.41, 5.74) is 0.379. The molecule has 0 aliphatic carbocycles. The monoisotopic (exact) mass is 303 g/mol. The van der Waals surface area contributed by atoms with Gasteiger partial charge in [-0.1, -0.05) is 18.6 Å². The predicted octanol–water partition coefficient (Wildman–Crippen LogP) is 1.14. The van der Waals surface area contributed by atoms with Gasteiger partial charge in [0.15, 0.2) is 15.5 Å². The number of hydrogen-bond acceptors (Lipinski definition) is 5. The molecule has 0 atom stereocenters. The van der Waals surface area contributed by atoms with E-state index in [0.29, 0.717) is 12.1 Å². The van der Waals surface area contributed by atoms with E-state index >= 15 is 0 Å². The first-order chi connectivity index (χ1) is 9.10. The maximum atomic E-state index is 12.1. The Bertz CT molecular complexity index is 584. The number of aromatic nitrogens is 3. The van der Waals surface area contributed by atoms with Gasteiger partial charge in [0.25, 0.3) is 0 Å². The fourth-order valence-electron chi connectivity index (χ4n) is 1.68. The van der Waals surface area contributed by atoms with Crippen LogP contribution in [0.25, 0.3) is 0 Å². The summed E-state index contributed by atoms with van der Waals surface area (Å²) in [6.45, 7) is 6.95. The van der Waals surface area contributed by atoms with Crippen LogP contribution in [0.5, 0.6) is 0 Å². The molecule has 0 saturated carbocycles. The first kappa shape index (κ1) is 16.6. The second-order valence-corrected chi connectivity index (χ2v) is 8.46. The zero-order valence-electron chi connectivity index (χ0n) is 12.3. The van der Waals surface area contributed by atoms with E-state index < -0.39 is 20.6 Å². The molecule has 0 unspecified atom stereocenters. The molecule has 1 N–H and O–H groups in total. The molecule has 0 amide bonds. The minimum atomic E-state index is -3.27. The summed E-state index contributed by atoms with van der Waals surface area (Å²) >= 11 is 0. The van der Waals surface area contributed by atoms with Crippen molar-refractivity contribution in [3.05, 3.63) is 11.4 Å². The van der Waals surface area contributed by atoms with Crippen LogP contribution in [0.3, 0.4) is 0 Å². The van der Waals surface area contributed by atoms with Gasteiger partial charge < -0.3 is 5.11 Å². The third-order valence-electron chi connectivity index (χ3n) is 3.03. The topological polar surface area (TPSA) is 102 Å². The Morgan fingerprint density at radius 1 is 1.35 bits per heavy atom. The number of carboxylic acid groups (broad SMARTS) is 1. The second-order valence-electron chi connectivity index (χ2n) is 5.59. The molecule has 114 valence electrons. The van der Waals surface area contributed by atoms with E-state index in [1.54, 1.807) is 20.8 Å². The molecule has 1 rings (SSSR count). The van der Waals surface area contributed by atoms with Gasteiger partial charge in [-0.2, -0.15) is 0 Å². The van der Waals surface area contributed by atoms with Gasteiger partial charge in [-0.25, -0.2) is 17.9 Å². The van der Waals surface area contributed by atoms with E-state index in [2.05, 4.69) is 10.3 Å². The lowest BCUT2D eigenvalue weighted by atomic mass is 10.2. The largest absolute Gasteiger partial charge is 0.476 e. The Hall–Kier alpha value is -1.44. The first-order valence-corrected chi connectivity index (χ1v) is 8.13. The van der Waals surface area contributed by atoms with Crippen LogP contribution in [-0.4, -0.2) is 45.0 Å². The number of aryl methyl sites for hydroxylation is 1. The number of rotatable bonds is 6. The van der Waals surface area contributed by atoms with Crippen molar-refractivity contribution in [2.45, 2.75) is 51.8 Å². The summed E-state index contributed by atoms with van der Waals surface area (Å²) in [4.78, 5) is 11.0. The lowest BCUT2D eigenvalue weighted by molar-refractivity contribution is 0.0689. The van der Waals surface area contributed by atoms with Gasteiger partial charge in [-0.3, -0.25) is 0 Å². The predicted molar refractivity (Wildman–Crippen MR) is 74.5 cm³/mol. The normalized spacial score (nSPS) is 12.6. The summed E-state index contributed by atoms with van der Waals surface area (Å²) in [5.74, 6) is -1.23. The zero-order valence-corrected chi connectivity index (χ0v) is 13.1. The van der Waals surface area contributed by atoms with Crippen molar-refractivity contribution < 1.29 is 18.3 Å². The summed E-state index contributed by atoms with van der Waals surface area (Å²) in [6, 6.07) is 0. The van der Waals surface area contributed by atoms with Crippen LogP contribution >= 0.6 is 0 Å². The van der Waals surface area contributed by atoms with Crippen molar-refractivity contribution in [1.82, 2.24) is 15.0 Å². The molecule has 20 heavy (non-hydrogen) atoms. The highest BCUT2D eigenvalue weighted by Gasteiger charge is 2.29. The van der Waals surface area contributed by atoms with Gasteiger partial charge in [0, 0.05) is 0 Å². The molecule has 1 aromatic rings. The van der Waals surface area contributed by atoms with Gasteiger partial charge in [-0.15, -0.1) is 5.10 Å². The molecule has 0 spiro atoms. The highest BCUT2D eigenvalue weighted by molar-refractivity contribution is 7.92. The first-order valence-electron chi connectivity index (χ1n) is 6.48. The standard InChI is InChI=1S/C12H21N3O4S/c1-5-6-9-10(11(16)17)13-14-15(9)7-8-20(18,19)12(2,3)4/h5-8H2,1-4H3,(H,16,17). The molecule has 0 saturated heterocycles. The Kier molecular flexibility index (Phi) is 4.90. The van der Waals surface area contributed by atoms with Crippen molar-refractivity contribution in [2.24, 2.45) is 0 Å². The summed E-state index contributed by atoms with van der Waals surface area (Å²) in [6.07, 6.45) is 1.24. The van der Waals surface area contributed by atoms with E-state index in [1.807, 2.05) is 6.92 Å². The van der Waals surface area contributed by atoms with Gasteiger partial charge in [0.2, 0.25) is 0 Å². The van der Waals surface area contributed by atoms with E-state index in [9.17, 15) is 13.2 Å². The zero-order chi connectivity index (χ0) is 15.6. The summed E-state index contributed by atoms with van der Waals surface area (Å²) in [7, 11) is -3.27. The average Bonchev–Trinajstić information content (AvgIpc) is 2.69. The molecule has 0 aliphatic rings. The van der Waals surface area contributed by atoms with Gasteiger partial charge in [-0.05, 0) is 27.2 Å². The van der Waals surface area contributed by atoms with Crippen molar-refractivity contribution in [3.8, 4) is 0 Å². The van der Waals surface area contributed by atoms with E-state index in [4.69, 9.17) is 5.11 Å². The molecule has 0 fully saturated rings. The van der Waals surface area contributed by atoms with Gasteiger partial charge in [0.1, 0.15) is 0 Å². The van der Waals surface area contributed by atoms with Crippen molar-refractivity contribution in [1.29, 1.82) is 0 Å². The smallest absolute Gasteiger partial charge is 0.358 e. The maximum Gasteiger partial charge on any atom is 0.358 e. The minimum Gasteiger partial charge on any atom is -0.476 e. The SMILES string of the molecule is CCCc1c(C(=O)O)nnn1CCS(=O)(=O)C(C)(C)C. The number of hydrogen-bond donors (Lipinski definition) is 1. The molecule has 8 heteroatoms. The van der Waals surface area contributed by atoms with Crippen LogP contribution in [0.2, 0.25) is 0 Å². The third-order valence-corrected chi connectivity index (χ3v) is 5.62. The molecular weight excluding hydrogens is 282 g/mol. The molecule has 0 radical (unpaired) electrons. The fraction of sp³-hybridized carbons (Fsp3) is 0.750. The number of carboxylic acids is 1. The van der Waals surface area contributed by atoms with Crippen LogP contribution in [0.1, 0.15) is 50.3 Å². The van der Waals surface area contributed by atoms with Crippen LogP contribution in [0, 0.1) is 0 Å². The molecule has 7 nitrogen and oxygen atoms in total. The van der Waals surface area contributed by atoms with Crippen LogP contribution in [0.4, 0.5) is 0 Å². The van der Waals surface area contributed by atoms with Crippen molar-refractivity contribution in [2.75, 3.05) is 5.75 Å². The van der Waals surface area contributed by atoms with Crippen LogP contribution < -0.4 is 0 Å². The molecule has 0 aromatic carbocycles. The van der Waals surface area contributed by atoms with Crippen LogP contribution in [0.15, 0.2) is 0 Å². The van der Waals surface area contributed by atoms with Crippen molar-refractivity contribution >= 4 is 15.8 Å². The lowest BCUT2D eigenvalue weighted by Gasteiger charge is -2.19. The Morgan fingerprint density at radius 2 is 1.95 bits per heavy atom. The molecular formula is C12H21N3O4S. The second kappa shape index (κ2) is 5.90. The maximum absolute atomic E-state index is 12.1. The molecule has 1 aromatic heterocycles. The van der Waals surface area contributed by atoms with E-state index in [-0.39, 0.29) is 18.0 Å². The highest BCUT2D eigenvalue weighted by atomic mass is 32.2. The number of carbonyl (C=O) groups is 1. The van der Waals surface area contributed by atoms with Crippen LogP contribution in [-0.2, 0) is 22.8 Å². The number of aromatic carboxylic acids is 1. The Labute approximate surface area is 118 Å². The Balaban J connectivity index is 2.97. The van der Waals surface area contributed by atoms with Crippen molar-refractivity contribution in [3.63, 3.8) is 0 Å². The number of nitrogens with zero attached hydrogens (tertiary/aromatic N) is 3. The average molecular weight is 303 g/mol. The minimum absolute atomic E-state index is 0.0877. The highest BCUT2D eigenvalue weighted by Crippen LogP contribution is 2.17. The number of sulfone groups is 1. The van der Waals surface area contributed by atoms with Gasteiger partial charge in [0.05, 0.1) is 22.7 Å². The third kappa shape index (κ3) is 3.56. The molecule has 0 aliphatic heterocycles. The Morgan fingerprint density at radius 3 is 2.40 bits per heavy atom. The van der Waals surface area contributed by atoms with E-state index in [1.165, 1.54) is 4.68 Å². The molecule has 1 heterocycles. The quantitative estimate of drug-likeness (QED) is 0.845. The van der Waals surface area contributed by atoms with E-state index in [0.717, 1.165) is 6.42 Å². The summed E-state index contributed by atoms with van der Waals surface area (Å²) in [5, 5.41) is 16.4. The van der Waals surface area contributed by atoms with Gasteiger partial charge >= 0.3 is 5.97 Å².